The smallest absolute Gasteiger partial charge is 0.239 e. The first kappa shape index (κ1) is 18.2. The molecule has 2 aliphatic rings. The van der Waals surface area contributed by atoms with Crippen LogP contribution < -0.4 is 15.5 Å². The number of nitrogens with zero attached hydrogens (tertiary/aromatic N) is 1. The number of hydrogen-bond donors (Lipinski definition) is 2. The number of nitrogens with one attached hydrogen (secondary N) is 2. The van der Waals surface area contributed by atoms with Crippen LogP contribution in [-0.4, -0.2) is 50.8 Å². The molecule has 138 valence electrons. The molecule has 25 heavy (non-hydrogen) atoms. The van der Waals surface area contributed by atoms with Gasteiger partial charge in [0.05, 0.1) is 13.2 Å². The Hall–Kier alpha value is -1.59. The normalized spacial score (nSPS) is 22.7. The summed E-state index contributed by atoms with van der Waals surface area (Å²) in [5, 5.41) is 6.39. The zero-order valence-electron chi connectivity index (χ0n) is 15.7. The molecule has 0 saturated carbocycles. The summed E-state index contributed by atoms with van der Waals surface area (Å²) in [6.07, 6.45) is 1.97. The number of rotatable bonds is 3. The summed E-state index contributed by atoms with van der Waals surface area (Å²) in [4.78, 5) is 14.7. The Morgan fingerprint density at radius 2 is 1.88 bits per heavy atom. The van der Waals surface area contributed by atoms with Crippen molar-refractivity contribution in [1.82, 2.24) is 10.6 Å². The molecule has 1 atom stereocenters. The molecule has 2 heterocycles. The van der Waals surface area contributed by atoms with E-state index in [-0.39, 0.29) is 23.4 Å². The van der Waals surface area contributed by atoms with E-state index in [4.69, 9.17) is 4.74 Å². The van der Waals surface area contributed by atoms with E-state index in [1.54, 1.807) is 0 Å². The Kier molecular flexibility index (Phi) is 5.64. The SMILES string of the molecule is CC(C)(C)c1ccc(N2CCC(NC(=O)C3COCCN3)CC2)cc1. The standard InChI is InChI=1S/C20H31N3O2/c1-20(2,3)15-4-6-17(7-5-15)23-11-8-16(9-12-23)22-19(24)18-14-25-13-10-21-18/h4-7,16,18,21H,8-14H2,1-3H3,(H,22,24). The molecule has 0 spiro atoms. The van der Waals surface area contributed by atoms with E-state index in [9.17, 15) is 4.79 Å². The number of amides is 1. The third-order valence-corrected chi connectivity index (χ3v) is 5.18. The Bertz CT molecular complexity index is 566. The number of ether oxygens (including phenoxy) is 1. The van der Waals surface area contributed by atoms with E-state index in [2.05, 4.69) is 60.6 Å². The lowest BCUT2D eigenvalue weighted by molar-refractivity contribution is -0.126. The van der Waals surface area contributed by atoms with Gasteiger partial charge in [-0.3, -0.25) is 4.79 Å². The number of morpholine rings is 1. The van der Waals surface area contributed by atoms with Crippen LogP contribution in [0.15, 0.2) is 24.3 Å². The molecule has 3 rings (SSSR count). The van der Waals surface area contributed by atoms with E-state index in [0.29, 0.717) is 13.2 Å². The zero-order valence-corrected chi connectivity index (χ0v) is 15.7. The monoisotopic (exact) mass is 345 g/mol. The van der Waals surface area contributed by atoms with Gasteiger partial charge in [-0.25, -0.2) is 0 Å². The Morgan fingerprint density at radius 1 is 1.20 bits per heavy atom. The minimum atomic E-state index is -0.197. The molecule has 0 aliphatic carbocycles. The zero-order chi connectivity index (χ0) is 17.9. The third-order valence-electron chi connectivity index (χ3n) is 5.18. The van der Waals surface area contributed by atoms with E-state index in [1.807, 2.05) is 0 Å². The van der Waals surface area contributed by atoms with Gasteiger partial charge in [0.2, 0.25) is 5.91 Å². The maximum atomic E-state index is 12.3. The Morgan fingerprint density at radius 3 is 2.44 bits per heavy atom. The van der Waals surface area contributed by atoms with Crippen molar-refractivity contribution in [2.24, 2.45) is 0 Å². The van der Waals surface area contributed by atoms with Crippen LogP contribution in [0.5, 0.6) is 0 Å². The molecule has 5 nitrogen and oxygen atoms in total. The third kappa shape index (κ3) is 4.73. The van der Waals surface area contributed by atoms with Crippen LogP contribution in [0.2, 0.25) is 0 Å². The molecule has 1 amide bonds. The van der Waals surface area contributed by atoms with Gasteiger partial charge in [0.25, 0.3) is 0 Å². The van der Waals surface area contributed by atoms with Crippen molar-refractivity contribution in [3.05, 3.63) is 29.8 Å². The molecular weight excluding hydrogens is 314 g/mol. The van der Waals surface area contributed by atoms with Crippen molar-refractivity contribution in [3.63, 3.8) is 0 Å². The highest BCUT2D eigenvalue weighted by molar-refractivity contribution is 5.82. The summed E-state index contributed by atoms with van der Waals surface area (Å²) >= 11 is 0. The van der Waals surface area contributed by atoms with Crippen LogP contribution in [-0.2, 0) is 14.9 Å². The summed E-state index contributed by atoms with van der Waals surface area (Å²) < 4.78 is 5.37. The van der Waals surface area contributed by atoms with Gasteiger partial charge in [0.15, 0.2) is 0 Å². The topological polar surface area (TPSA) is 53.6 Å². The lowest BCUT2D eigenvalue weighted by Gasteiger charge is -2.35. The summed E-state index contributed by atoms with van der Waals surface area (Å²) in [7, 11) is 0. The molecule has 1 aromatic rings. The molecule has 0 radical (unpaired) electrons. The quantitative estimate of drug-likeness (QED) is 0.880. The highest BCUT2D eigenvalue weighted by Gasteiger charge is 2.26. The van der Waals surface area contributed by atoms with E-state index >= 15 is 0 Å². The van der Waals surface area contributed by atoms with Gasteiger partial charge in [-0.2, -0.15) is 0 Å². The molecule has 2 saturated heterocycles. The van der Waals surface area contributed by atoms with Gasteiger partial charge in [0.1, 0.15) is 6.04 Å². The second-order valence-electron chi connectivity index (χ2n) is 8.15. The van der Waals surface area contributed by atoms with Crippen molar-refractivity contribution < 1.29 is 9.53 Å². The predicted molar refractivity (Wildman–Crippen MR) is 101 cm³/mol. The average Bonchev–Trinajstić information content (AvgIpc) is 2.62. The fourth-order valence-electron chi connectivity index (χ4n) is 3.49. The van der Waals surface area contributed by atoms with Crippen LogP contribution in [0.3, 0.4) is 0 Å². The predicted octanol–water partition coefficient (Wildman–Crippen LogP) is 2.06. The molecule has 2 fully saturated rings. The second-order valence-corrected chi connectivity index (χ2v) is 8.15. The maximum Gasteiger partial charge on any atom is 0.239 e. The average molecular weight is 345 g/mol. The number of carbonyl (C=O) groups excluding carboxylic acids is 1. The number of benzene rings is 1. The van der Waals surface area contributed by atoms with Crippen LogP contribution in [0, 0.1) is 0 Å². The van der Waals surface area contributed by atoms with Gasteiger partial charge < -0.3 is 20.3 Å². The Labute approximate surface area is 151 Å². The van der Waals surface area contributed by atoms with Crippen molar-refractivity contribution in [2.75, 3.05) is 37.7 Å². The van der Waals surface area contributed by atoms with Crippen molar-refractivity contribution in [2.45, 2.75) is 51.1 Å². The number of anilines is 1. The summed E-state index contributed by atoms with van der Waals surface area (Å²) in [6.45, 7) is 10.6. The summed E-state index contributed by atoms with van der Waals surface area (Å²) in [5.74, 6) is 0.0766. The van der Waals surface area contributed by atoms with Gasteiger partial charge in [-0.15, -0.1) is 0 Å². The maximum absolute atomic E-state index is 12.3. The molecular formula is C20H31N3O2. The first-order chi connectivity index (χ1) is 11.9. The van der Waals surface area contributed by atoms with Gasteiger partial charge in [-0.05, 0) is 36.0 Å². The first-order valence-corrected chi connectivity index (χ1v) is 9.40. The molecule has 1 unspecified atom stereocenters. The molecule has 0 bridgehead atoms. The number of piperidine rings is 1. The van der Waals surface area contributed by atoms with Crippen LogP contribution >= 0.6 is 0 Å². The van der Waals surface area contributed by atoms with Crippen LogP contribution in [0.4, 0.5) is 5.69 Å². The van der Waals surface area contributed by atoms with Crippen molar-refractivity contribution >= 4 is 11.6 Å². The highest BCUT2D eigenvalue weighted by atomic mass is 16.5. The fraction of sp³-hybridized carbons (Fsp3) is 0.650. The highest BCUT2D eigenvalue weighted by Crippen LogP contribution is 2.26. The molecule has 2 aliphatic heterocycles. The molecule has 2 N–H and O–H groups in total. The first-order valence-electron chi connectivity index (χ1n) is 9.40. The van der Waals surface area contributed by atoms with E-state index < -0.39 is 0 Å². The van der Waals surface area contributed by atoms with E-state index in [1.165, 1.54) is 11.3 Å². The lowest BCUT2D eigenvalue weighted by Crippen LogP contribution is -2.54. The largest absolute Gasteiger partial charge is 0.378 e. The minimum Gasteiger partial charge on any atom is -0.378 e. The van der Waals surface area contributed by atoms with Crippen molar-refractivity contribution in [1.29, 1.82) is 0 Å². The molecule has 0 aromatic heterocycles. The van der Waals surface area contributed by atoms with Crippen molar-refractivity contribution in [3.8, 4) is 0 Å². The van der Waals surface area contributed by atoms with Gasteiger partial charge in [-0.1, -0.05) is 32.9 Å². The Balaban J connectivity index is 1.49. The lowest BCUT2D eigenvalue weighted by atomic mass is 9.87. The van der Waals surface area contributed by atoms with E-state index in [0.717, 1.165) is 32.5 Å². The fourth-order valence-corrected chi connectivity index (χ4v) is 3.49. The summed E-state index contributed by atoms with van der Waals surface area (Å²) in [5.41, 5.74) is 2.83. The summed E-state index contributed by atoms with van der Waals surface area (Å²) in [6, 6.07) is 8.99. The second kappa shape index (κ2) is 7.75. The molecule has 1 aromatic carbocycles. The van der Waals surface area contributed by atoms with Crippen LogP contribution in [0.1, 0.15) is 39.2 Å². The molecule has 5 heteroatoms. The number of carbonyl (C=O) groups is 1. The minimum absolute atomic E-state index is 0.0766. The van der Waals surface area contributed by atoms with Gasteiger partial charge in [0, 0.05) is 31.4 Å². The number of hydrogen-bond acceptors (Lipinski definition) is 4. The van der Waals surface area contributed by atoms with Gasteiger partial charge >= 0.3 is 0 Å². The van der Waals surface area contributed by atoms with Crippen LogP contribution in [0.25, 0.3) is 0 Å².